The van der Waals surface area contributed by atoms with E-state index in [9.17, 15) is 9.90 Å². The number of likely N-dealkylation sites (tertiary alicyclic amines) is 1. The minimum atomic E-state index is 0.231. The minimum absolute atomic E-state index is 0.231. The lowest BCUT2D eigenvalue weighted by Gasteiger charge is -2.36. The lowest BCUT2D eigenvalue weighted by Crippen LogP contribution is -2.54. The molecule has 0 spiro atoms. The molecule has 2 fully saturated rings. The number of ether oxygens (including phenoxy) is 1. The monoisotopic (exact) mass is 389 g/mol. The number of nitrogens with zero attached hydrogens (tertiary/aromatic N) is 4. The van der Waals surface area contributed by atoms with Crippen molar-refractivity contribution in [2.24, 2.45) is 4.99 Å². The van der Waals surface area contributed by atoms with Crippen molar-refractivity contribution in [2.75, 3.05) is 60.0 Å². The Labute approximate surface area is 166 Å². The Kier molecular flexibility index (Phi) is 6.97. The van der Waals surface area contributed by atoms with Gasteiger partial charge < -0.3 is 25.0 Å². The fourth-order valence-electron chi connectivity index (χ4n) is 3.71. The van der Waals surface area contributed by atoms with Crippen LogP contribution in [0.2, 0.25) is 0 Å². The number of aromatic hydroxyl groups is 1. The summed E-state index contributed by atoms with van der Waals surface area (Å²) in [6, 6.07) is 5.18. The number of hydrogen-bond acceptors (Lipinski definition) is 5. The summed E-state index contributed by atoms with van der Waals surface area (Å²) in [5, 5.41) is 13.4. The molecule has 1 aromatic carbocycles. The van der Waals surface area contributed by atoms with E-state index in [4.69, 9.17) is 4.74 Å². The van der Waals surface area contributed by atoms with Gasteiger partial charge in [-0.25, -0.2) is 0 Å². The van der Waals surface area contributed by atoms with Crippen LogP contribution in [0.5, 0.6) is 11.5 Å². The van der Waals surface area contributed by atoms with E-state index in [1.54, 1.807) is 26.3 Å². The summed E-state index contributed by atoms with van der Waals surface area (Å²) in [6.07, 6.45) is 2.26. The van der Waals surface area contributed by atoms with Crippen LogP contribution in [0.15, 0.2) is 23.2 Å². The average Bonchev–Trinajstić information content (AvgIpc) is 3.26. The maximum Gasteiger partial charge on any atom is 0.236 e. The van der Waals surface area contributed by atoms with Gasteiger partial charge in [-0.1, -0.05) is 0 Å². The third-order valence-corrected chi connectivity index (χ3v) is 5.42. The number of aliphatic imine (C=N–C) groups is 1. The lowest BCUT2D eigenvalue weighted by molar-refractivity contribution is -0.131. The number of hydrogen-bond donors (Lipinski definition) is 2. The van der Waals surface area contributed by atoms with E-state index in [2.05, 4.69) is 20.1 Å². The number of phenolic OH excluding ortho intramolecular Hbond substituents is 1. The Bertz CT molecular complexity index is 695. The largest absolute Gasteiger partial charge is 0.508 e. The number of piperazine rings is 1. The predicted molar refractivity (Wildman–Crippen MR) is 109 cm³/mol. The zero-order chi connectivity index (χ0) is 19.9. The molecule has 2 heterocycles. The van der Waals surface area contributed by atoms with Gasteiger partial charge in [-0.05, 0) is 31.0 Å². The summed E-state index contributed by atoms with van der Waals surface area (Å²) in [4.78, 5) is 23.1. The van der Waals surface area contributed by atoms with Crippen molar-refractivity contribution >= 4 is 11.9 Å². The molecule has 2 N–H and O–H groups in total. The van der Waals surface area contributed by atoms with Crippen LogP contribution in [0.3, 0.4) is 0 Å². The number of carbonyl (C=O) groups is 1. The second-order valence-electron chi connectivity index (χ2n) is 7.25. The molecule has 2 saturated heterocycles. The zero-order valence-corrected chi connectivity index (χ0v) is 16.9. The van der Waals surface area contributed by atoms with Crippen LogP contribution in [0.25, 0.3) is 0 Å². The van der Waals surface area contributed by atoms with Crippen molar-refractivity contribution in [3.63, 3.8) is 0 Å². The maximum absolute atomic E-state index is 12.3. The number of methoxy groups -OCH3 is 1. The molecule has 28 heavy (non-hydrogen) atoms. The van der Waals surface area contributed by atoms with E-state index in [0.29, 0.717) is 18.8 Å². The van der Waals surface area contributed by atoms with Crippen molar-refractivity contribution in [3.8, 4) is 11.5 Å². The number of amides is 1. The van der Waals surface area contributed by atoms with Gasteiger partial charge in [0.1, 0.15) is 11.5 Å². The third kappa shape index (κ3) is 5.07. The van der Waals surface area contributed by atoms with Crippen LogP contribution < -0.4 is 10.1 Å². The number of carbonyl (C=O) groups excluding carboxylic acids is 1. The molecule has 2 aliphatic heterocycles. The molecule has 1 aromatic rings. The minimum Gasteiger partial charge on any atom is -0.508 e. The molecule has 0 aromatic heterocycles. The first-order valence-electron chi connectivity index (χ1n) is 9.92. The van der Waals surface area contributed by atoms with E-state index in [0.717, 1.165) is 63.6 Å². The zero-order valence-electron chi connectivity index (χ0n) is 16.9. The molecular formula is C20H31N5O3. The molecule has 0 saturated carbocycles. The van der Waals surface area contributed by atoms with Gasteiger partial charge in [0.25, 0.3) is 0 Å². The van der Waals surface area contributed by atoms with Crippen LogP contribution in [0, 0.1) is 0 Å². The van der Waals surface area contributed by atoms with E-state index in [-0.39, 0.29) is 11.7 Å². The Morgan fingerprint density at radius 3 is 2.50 bits per heavy atom. The number of nitrogens with one attached hydrogen (secondary N) is 1. The molecule has 0 unspecified atom stereocenters. The van der Waals surface area contributed by atoms with Gasteiger partial charge in [-0.15, -0.1) is 0 Å². The SMILES string of the molecule is CN=C(NCc1cc(OC)ccc1O)N1CCN(CC(=O)N2CCCC2)CC1. The molecule has 3 rings (SSSR count). The summed E-state index contributed by atoms with van der Waals surface area (Å²) in [5.74, 6) is 1.99. The Balaban J connectivity index is 1.48. The number of rotatable bonds is 5. The molecule has 1 amide bonds. The van der Waals surface area contributed by atoms with Crippen molar-refractivity contribution in [1.82, 2.24) is 20.0 Å². The smallest absolute Gasteiger partial charge is 0.236 e. The molecule has 8 nitrogen and oxygen atoms in total. The Hall–Kier alpha value is -2.48. The maximum atomic E-state index is 12.3. The molecule has 0 aliphatic carbocycles. The van der Waals surface area contributed by atoms with Gasteiger partial charge in [0.05, 0.1) is 13.7 Å². The van der Waals surface area contributed by atoms with Crippen molar-refractivity contribution in [2.45, 2.75) is 19.4 Å². The fourth-order valence-corrected chi connectivity index (χ4v) is 3.71. The average molecular weight is 390 g/mol. The Morgan fingerprint density at radius 1 is 1.14 bits per heavy atom. The number of guanidine groups is 1. The van der Waals surface area contributed by atoms with E-state index in [1.165, 1.54) is 0 Å². The second-order valence-corrected chi connectivity index (χ2v) is 7.25. The first kappa shape index (κ1) is 20.3. The highest BCUT2D eigenvalue weighted by molar-refractivity contribution is 5.80. The highest BCUT2D eigenvalue weighted by atomic mass is 16.5. The van der Waals surface area contributed by atoms with Crippen molar-refractivity contribution in [3.05, 3.63) is 23.8 Å². The molecule has 2 aliphatic rings. The quantitative estimate of drug-likeness (QED) is 0.571. The van der Waals surface area contributed by atoms with Gasteiger partial charge in [0.15, 0.2) is 5.96 Å². The van der Waals surface area contributed by atoms with E-state index < -0.39 is 0 Å². The molecule has 154 valence electrons. The third-order valence-electron chi connectivity index (χ3n) is 5.42. The summed E-state index contributed by atoms with van der Waals surface area (Å²) in [5.41, 5.74) is 0.760. The highest BCUT2D eigenvalue weighted by Gasteiger charge is 2.24. The summed E-state index contributed by atoms with van der Waals surface area (Å²) in [6.45, 7) is 6.10. The number of benzene rings is 1. The van der Waals surface area contributed by atoms with Gasteiger partial charge in [0.2, 0.25) is 5.91 Å². The normalized spacial score (nSPS) is 18.4. The molecule has 8 heteroatoms. The van der Waals surface area contributed by atoms with Gasteiger partial charge in [-0.2, -0.15) is 0 Å². The molecule has 0 atom stereocenters. The lowest BCUT2D eigenvalue weighted by atomic mass is 10.2. The first-order valence-corrected chi connectivity index (χ1v) is 9.92. The summed E-state index contributed by atoms with van der Waals surface area (Å²) in [7, 11) is 3.37. The summed E-state index contributed by atoms with van der Waals surface area (Å²) >= 11 is 0. The van der Waals surface area contributed by atoms with E-state index in [1.807, 2.05) is 11.0 Å². The highest BCUT2D eigenvalue weighted by Crippen LogP contribution is 2.22. The molecular weight excluding hydrogens is 358 g/mol. The fraction of sp³-hybridized carbons (Fsp3) is 0.600. The Morgan fingerprint density at radius 2 is 1.86 bits per heavy atom. The standard InChI is InChI=1S/C20H31N5O3/c1-21-20(22-14-16-13-17(28-2)5-6-18(16)26)25-11-9-23(10-12-25)15-19(27)24-7-3-4-8-24/h5-6,13,26H,3-4,7-12,14-15H2,1-2H3,(H,21,22). The van der Waals surface area contributed by atoms with Crippen LogP contribution in [-0.4, -0.2) is 91.6 Å². The van der Waals surface area contributed by atoms with Gasteiger partial charge in [-0.3, -0.25) is 14.7 Å². The summed E-state index contributed by atoms with van der Waals surface area (Å²) < 4.78 is 5.22. The van der Waals surface area contributed by atoms with Crippen molar-refractivity contribution < 1.29 is 14.6 Å². The van der Waals surface area contributed by atoms with Crippen LogP contribution in [0.1, 0.15) is 18.4 Å². The molecule has 0 radical (unpaired) electrons. The van der Waals surface area contributed by atoms with Crippen molar-refractivity contribution in [1.29, 1.82) is 0 Å². The van der Waals surface area contributed by atoms with Gasteiger partial charge >= 0.3 is 0 Å². The second kappa shape index (κ2) is 9.64. The van der Waals surface area contributed by atoms with Crippen LogP contribution in [-0.2, 0) is 11.3 Å². The van der Waals surface area contributed by atoms with Crippen LogP contribution >= 0.6 is 0 Å². The van der Waals surface area contributed by atoms with E-state index >= 15 is 0 Å². The predicted octanol–water partition coefficient (Wildman–Crippen LogP) is 0.716. The topological polar surface area (TPSA) is 80.6 Å². The first-order chi connectivity index (χ1) is 13.6. The van der Waals surface area contributed by atoms with Gasteiger partial charge in [0, 0.05) is 58.4 Å². The molecule has 0 bridgehead atoms. The van der Waals surface area contributed by atoms with Crippen LogP contribution in [0.4, 0.5) is 0 Å². The number of phenols is 1.